The zero-order chi connectivity index (χ0) is 14.9. The largest absolute Gasteiger partial charge is 0.379 e. The molecule has 2 aromatic carbocycles. The normalized spacial score (nSPS) is 25.3. The molecule has 2 heterocycles. The topological polar surface area (TPSA) is 29.5 Å². The molecule has 0 spiro atoms. The molecule has 0 aromatic heterocycles. The van der Waals surface area contributed by atoms with Gasteiger partial charge in [-0.2, -0.15) is 0 Å². The minimum absolute atomic E-state index is 0.0757. The average molecular weight is 313 g/mol. The van der Waals surface area contributed by atoms with Crippen LogP contribution in [0.25, 0.3) is 16.8 Å². The summed E-state index contributed by atoms with van der Waals surface area (Å²) in [6.45, 7) is 4.28. The van der Waals surface area contributed by atoms with Crippen molar-refractivity contribution in [3.05, 3.63) is 48.0 Å². The van der Waals surface area contributed by atoms with E-state index in [1.54, 1.807) is 0 Å². The molecule has 4 heteroatoms. The third kappa shape index (κ3) is 2.62. The van der Waals surface area contributed by atoms with Crippen molar-refractivity contribution in [2.45, 2.75) is 10.1 Å². The van der Waals surface area contributed by atoms with Gasteiger partial charge in [-0.3, -0.25) is 9.11 Å². The molecule has 4 rings (SSSR count). The zero-order valence-electron chi connectivity index (χ0n) is 12.4. The van der Waals surface area contributed by atoms with Crippen LogP contribution in [0.2, 0.25) is 0 Å². The highest BCUT2D eigenvalue weighted by molar-refractivity contribution is 7.86. The SMILES string of the molecule is O=S1c2cc3ccccc3cc2C=CC1CN1CCOCC1. The van der Waals surface area contributed by atoms with Crippen molar-refractivity contribution in [2.24, 2.45) is 0 Å². The van der Waals surface area contributed by atoms with Gasteiger partial charge in [-0.15, -0.1) is 0 Å². The lowest BCUT2D eigenvalue weighted by molar-refractivity contribution is 0.0392. The molecule has 114 valence electrons. The molecule has 22 heavy (non-hydrogen) atoms. The summed E-state index contributed by atoms with van der Waals surface area (Å²) in [7, 11) is -0.980. The number of rotatable bonds is 2. The molecule has 0 saturated carbocycles. The molecule has 0 bridgehead atoms. The number of fused-ring (bicyclic) bond motifs is 2. The summed E-state index contributed by atoms with van der Waals surface area (Å²) in [4.78, 5) is 3.32. The predicted molar refractivity (Wildman–Crippen MR) is 90.4 cm³/mol. The van der Waals surface area contributed by atoms with Crippen LogP contribution in [0.15, 0.2) is 47.4 Å². The second kappa shape index (κ2) is 5.95. The highest BCUT2D eigenvalue weighted by Gasteiger charge is 2.25. The maximum atomic E-state index is 12.9. The van der Waals surface area contributed by atoms with E-state index < -0.39 is 10.8 Å². The Balaban J connectivity index is 1.63. The lowest BCUT2D eigenvalue weighted by Crippen LogP contribution is -2.42. The Bertz CT molecular complexity index is 750. The fourth-order valence-electron chi connectivity index (χ4n) is 3.15. The van der Waals surface area contributed by atoms with Gasteiger partial charge in [-0.1, -0.05) is 36.4 Å². The fraction of sp³-hybridized carbons (Fsp3) is 0.333. The summed E-state index contributed by atoms with van der Waals surface area (Å²) in [5.74, 6) is 0. The van der Waals surface area contributed by atoms with Crippen LogP contribution in [0, 0.1) is 0 Å². The zero-order valence-corrected chi connectivity index (χ0v) is 13.2. The Kier molecular flexibility index (Phi) is 3.82. The number of ether oxygens (including phenoxy) is 1. The van der Waals surface area contributed by atoms with E-state index in [4.69, 9.17) is 4.74 Å². The second-order valence-corrected chi connectivity index (χ2v) is 7.49. The quantitative estimate of drug-likeness (QED) is 0.854. The molecule has 0 aliphatic carbocycles. The average Bonchev–Trinajstić information content (AvgIpc) is 2.57. The van der Waals surface area contributed by atoms with Gasteiger partial charge in [-0.05, 0) is 28.5 Å². The maximum absolute atomic E-state index is 12.9. The number of morpholine rings is 1. The summed E-state index contributed by atoms with van der Waals surface area (Å²) < 4.78 is 18.3. The lowest BCUT2D eigenvalue weighted by Gasteiger charge is -2.30. The van der Waals surface area contributed by atoms with Gasteiger partial charge in [0.05, 0.1) is 29.3 Å². The number of benzene rings is 2. The van der Waals surface area contributed by atoms with Gasteiger partial charge < -0.3 is 4.74 Å². The van der Waals surface area contributed by atoms with Gasteiger partial charge in [0, 0.05) is 24.5 Å². The minimum Gasteiger partial charge on any atom is -0.379 e. The van der Waals surface area contributed by atoms with Crippen LogP contribution >= 0.6 is 0 Å². The van der Waals surface area contributed by atoms with Crippen molar-refractivity contribution in [3.63, 3.8) is 0 Å². The third-order valence-electron chi connectivity index (χ3n) is 4.40. The highest BCUT2D eigenvalue weighted by Crippen LogP contribution is 2.29. The number of hydrogen-bond donors (Lipinski definition) is 0. The first kappa shape index (κ1) is 14.1. The molecule has 2 aliphatic rings. The number of hydrogen-bond acceptors (Lipinski definition) is 3. The van der Waals surface area contributed by atoms with Gasteiger partial charge in [0.1, 0.15) is 0 Å². The van der Waals surface area contributed by atoms with E-state index in [0.717, 1.165) is 48.7 Å². The Morgan fingerprint density at radius 1 is 1.14 bits per heavy atom. The van der Waals surface area contributed by atoms with E-state index in [-0.39, 0.29) is 5.25 Å². The third-order valence-corrected chi connectivity index (χ3v) is 6.05. The van der Waals surface area contributed by atoms with Crippen molar-refractivity contribution >= 4 is 27.6 Å². The van der Waals surface area contributed by atoms with E-state index in [0.29, 0.717) is 0 Å². The molecule has 0 amide bonds. The van der Waals surface area contributed by atoms with Crippen LogP contribution in [0.5, 0.6) is 0 Å². The van der Waals surface area contributed by atoms with Crippen LogP contribution in [0.3, 0.4) is 0 Å². The molecular weight excluding hydrogens is 294 g/mol. The lowest BCUT2D eigenvalue weighted by atomic mass is 10.1. The molecule has 0 N–H and O–H groups in total. The van der Waals surface area contributed by atoms with E-state index in [1.165, 1.54) is 5.39 Å². The summed E-state index contributed by atoms with van der Waals surface area (Å²) >= 11 is 0. The first-order chi connectivity index (χ1) is 10.8. The van der Waals surface area contributed by atoms with Crippen molar-refractivity contribution in [1.29, 1.82) is 0 Å². The summed E-state index contributed by atoms with van der Waals surface area (Å²) in [5, 5.41) is 2.44. The molecule has 1 fully saturated rings. The Labute approximate surface area is 133 Å². The van der Waals surface area contributed by atoms with Gasteiger partial charge >= 0.3 is 0 Å². The maximum Gasteiger partial charge on any atom is 0.0705 e. The monoisotopic (exact) mass is 313 g/mol. The molecule has 2 aliphatic heterocycles. The van der Waals surface area contributed by atoms with Crippen LogP contribution in [0.1, 0.15) is 5.56 Å². The van der Waals surface area contributed by atoms with Crippen molar-refractivity contribution in [2.75, 3.05) is 32.8 Å². The van der Waals surface area contributed by atoms with Gasteiger partial charge in [0.2, 0.25) is 0 Å². The van der Waals surface area contributed by atoms with Gasteiger partial charge in [-0.25, -0.2) is 0 Å². The van der Waals surface area contributed by atoms with Gasteiger partial charge in [0.25, 0.3) is 0 Å². The number of nitrogens with zero attached hydrogens (tertiary/aromatic N) is 1. The van der Waals surface area contributed by atoms with E-state index in [1.807, 2.05) is 12.1 Å². The molecule has 2 aromatic rings. The first-order valence-electron chi connectivity index (χ1n) is 7.73. The van der Waals surface area contributed by atoms with E-state index in [2.05, 4.69) is 41.3 Å². The summed E-state index contributed by atoms with van der Waals surface area (Å²) in [6, 6.07) is 12.5. The molecule has 0 radical (unpaired) electrons. The van der Waals surface area contributed by atoms with Gasteiger partial charge in [0.15, 0.2) is 0 Å². The smallest absolute Gasteiger partial charge is 0.0705 e. The standard InChI is InChI=1S/C18H19NO2S/c20-22-17(13-19-7-9-21-10-8-19)6-5-16-11-14-3-1-2-4-15(14)12-18(16)22/h1-6,11-12,17H,7-10,13H2. The Hall–Kier alpha value is -1.49. The summed E-state index contributed by atoms with van der Waals surface area (Å²) in [6.07, 6.45) is 4.25. The second-order valence-electron chi connectivity index (χ2n) is 5.85. The summed E-state index contributed by atoms with van der Waals surface area (Å²) in [5.41, 5.74) is 1.09. The first-order valence-corrected chi connectivity index (χ1v) is 8.94. The molecule has 1 saturated heterocycles. The van der Waals surface area contributed by atoms with Crippen molar-refractivity contribution in [1.82, 2.24) is 4.90 Å². The predicted octanol–water partition coefficient (Wildman–Crippen LogP) is 2.68. The van der Waals surface area contributed by atoms with Crippen molar-refractivity contribution in [3.8, 4) is 0 Å². The Morgan fingerprint density at radius 3 is 2.64 bits per heavy atom. The van der Waals surface area contributed by atoms with Crippen LogP contribution in [0.4, 0.5) is 0 Å². The fourth-order valence-corrected chi connectivity index (χ4v) is 4.65. The molecular formula is C18H19NO2S. The van der Waals surface area contributed by atoms with E-state index in [9.17, 15) is 4.21 Å². The van der Waals surface area contributed by atoms with Crippen LogP contribution < -0.4 is 0 Å². The Morgan fingerprint density at radius 2 is 1.86 bits per heavy atom. The van der Waals surface area contributed by atoms with Crippen molar-refractivity contribution < 1.29 is 8.95 Å². The molecule has 2 atom stereocenters. The van der Waals surface area contributed by atoms with Crippen LogP contribution in [-0.2, 0) is 15.5 Å². The van der Waals surface area contributed by atoms with Crippen LogP contribution in [-0.4, -0.2) is 47.2 Å². The molecule has 3 nitrogen and oxygen atoms in total. The highest BCUT2D eigenvalue weighted by atomic mass is 32.2. The van der Waals surface area contributed by atoms with E-state index >= 15 is 0 Å². The minimum atomic E-state index is -0.980. The molecule has 2 unspecified atom stereocenters.